The lowest BCUT2D eigenvalue weighted by Gasteiger charge is -2.30. The van der Waals surface area contributed by atoms with E-state index in [9.17, 15) is 0 Å². The third-order valence-electron chi connectivity index (χ3n) is 23.8. The first-order chi connectivity index (χ1) is 55.5. The zero-order valence-electron chi connectivity index (χ0n) is 64.5. The van der Waals surface area contributed by atoms with Crippen LogP contribution in [-0.4, -0.2) is 124 Å². The van der Waals surface area contributed by atoms with Crippen molar-refractivity contribution in [1.29, 1.82) is 0 Å². The van der Waals surface area contributed by atoms with E-state index in [-0.39, 0.29) is 6.17 Å². The number of likely N-dealkylation sites (N-methyl/N-ethyl adjacent to an activating group) is 2. The predicted molar refractivity (Wildman–Crippen MR) is 449 cm³/mol. The fourth-order valence-electron chi connectivity index (χ4n) is 19.2. The molecule has 12 aliphatic rings. The molecular weight excluding hydrogens is 1400 g/mol. The van der Waals surface area contributed by atoms with Crippen molar-refractivity contribution in [2.45, 2.75) is 135 Å². The van der Waals surface area contributed by atoms with Crippen LogP contribution in [0.15, 0.2) is 257 Å². The van der Waals surface area contributed by atoms with Crippen molar-refractivity contribution in [3.05, 3.63) is 290 Å². The van der Waals surface area contributed by atoms with Gasteiger partial charge in [-0.2, -0.15) is 0 Å². The Hall–Kier alpha value is -13.3. The lowest BCUT2D eigenvalue weighted by atomic mass is 10.1. The summed E-state index contributed by atoms with van der Waals surface area (Å²) in [6.07, 6.45) is 27.8. The van der Waals surface area contributed by atoms with E-state index in [0.717, 1.165) is 102 Å². The number of hydrogen-bond donors (Lipinski definition) is 0. The SMILES string of the molecule is CC(C)N1c2cncnc2N2c3ccccc3CC21.CC(C)N1c2nccnc2N2c3ccccc3CC21.CC(C)N1c2ncncc2N2c3ccccc3CC21.CN1c2cncnc2N2c3ccccc3CC12.CN1c2nccnc2N2c3ccccc3CC12.c1ccc(N2c3cccnc3N3c4ccccc4CC23)cc1. The van der Waals surface area contributed by atoms with Gasteiger partial charge in [-0.1, -0.05) is 127 Å². The number of nitrogens with zero attached hydrogens (tertiary/aromatic N) is 23. The number of aromatic nitrogens is 11. The summed E-state index contributed by atoms with van der Waals surface area (Å²) in [5.74, 6) is 8.14. The van der Waals surface area contributed by atoms with E-state index in [0.29, 0.717) is 49.0 Å². The number of fused-ring (bicyclic) bond motifs is 30. The van der Waals surface area contributed by atoms with Crippen LogP contribution in [0.3, 0.4) is 0 Å². The first kappa shape index (κ1) is 68.9. The Morgan fingerprint density at radius 3 is 1.09 bits per heavy atom. The van der Waals surface area contributed by atoms with Gasteiger partial charge < -0.3 is 58.8 Å². The second-order valence-corrected chi connectivity index (χ2v) is 31.0. The van der Waals surface area contributed by atoms with E-state index in [2.05, 4.69) is 351 Å². The van der Waals surface area contributed by atoms with Crippen molar-refractivity contribution in [1.82, 2.24) is 54.8 Å². The summed E-state index contributed by atoms with van der Waals surface area (Å²) in [7, 11) is 4.20. The molecule has 0 N–H and O–H groups in total. The summed E-state index contributed by atoms with van der Waals surface area (Å²) < 4.78 is 0. The number of para-hydroxylation sites is 7. The minimum Gasteiger partial charge on any atom is -0.349 e. The van der Waals surface area contributed by atoms with Gasteiger partial charge in [0.2, 0.25) is 0 Å². The van der Waals surface area contributed by atoms with Crippen LogP contribution in [0.1, 0.15) is 74.9 Å². The molecule has 0 radical (unpaired) electrons. The molecule has 0 fully saturated rings. The van der Waals surface area contributed by atoms with Gasteiger partial charge in [-0.25, -0.2) is 54.8 Å². The first-order valence-corrected chi connectivity index (χ1v) is 39.3. The molecule has 0 spiro atoms. The molecule has 12 aliphatic heterocycles. The molecule has 7 aromatic carbocycles. The lowest BCUT2D eigenvalue weighted by Crippen LogP contribution is -2.43. The molecule has 113 heavy (non-hydrogen) atoms. The maximum absolute atomic E-state index is 4.66. The van der Waals surface area contributed by atoms with Gasteiger partial charge in [0.05, 0.1) is 24.3 Å². The molecule has 6 aromatic heterocycles. The average Bonchev–Trinajstić information content (AvgIpc) is 1.57. The quantitative estimate of drug-likeness (QED) is 0.162. The standard InChI is InChI=1S/C19H15N3.3C15H16N4.2C13H12N4/c1-2-8-15(9-3-1)21-17-11-6-12-20-19(17)22-16-10-5-4-7-14(16)13-18(21)22;1-10(2)18-14-7-11-5-3-4-6-12(11)19(14)13-8-16-9-17-15(13)18;1-10(2)18-13-8-16-9-17-15(13)19-12-6-4-3-5-11(12)7-14(18)19;1-10(2)18-13-9-11-5-3-4-6-12(11)19(13)15-14(18)16-7-8-17-15;1-16-11-7-14-8-15-13(11)17-10-5-3-2-4-9(10)6-12(16)17;1-16-11-8-9-4-2-3-5-10(9)17(11)13-12(16)14-6-7-15-13/h1-12,18H,13H2;2*3-6,8-10,14H,7H2,1-2H3;3-8,10,13H,9H2,1-2H3;2-5,7-8,12H,6H2,1H3;2-7,11H,8H2,1H3. The first-order valence-electron chi connectivity index (χ1n) is 39.3. The van der Waals surface area contributed by atoms with Crippen LogP contribution in [0, 0.1) is 0 Å². The highest BCUT2D eigenvalue weighted by Gasteiger charge is 2.50. The van der Waals surface area contributed by atoms with Gasteiger partial charge in [-0.15, -0.1) is 0 Å². The van der Waals surface area contributed by atoms with Gasteiger partial charge in [0.25, 0.3) is 0 Å². The molecule has 18 heterocycles. The van der Waals surface area contributed by atoms with E-state index in [1.807, 2.05) is 30.9 Å². The third kappa shape index (κ3) is 11.2. The van der Waals surface area contributed by atoms with E-state index in [4.69, 9.17) is 0 Å². The van der Waals surface area contributed by atoms with E-state index >= 15 is 0 Å². The summed E-state index contributed by atoms with van der Waals surface area (Å²) in [5.41, 5.74) is 21.9. The second kappa shape index (κ2) is 27.9. The highest BCUT2D eigenvalue weighted by Crippen LogP contribution is 2.56. The number of benzene rings is 7. The zero-order chi connectivity index (χ0) is 76.3. The van der Waals surface area contributed by atoms with Gasteiger partial charge in [-0.05, 0) is 136 Å². The fraction of sp³-hybridized carbons (Fsp3) is 0.256. The van der Waals surface area contributed by atoms with Gasteiger partial charge in [0, 0.05) is 142 Å². The topological polar surface area (TPSA) is 181 Å². The molecule has 562 valence electrons. The lowest BCUT2D eigenvalue weighted by molar-refractivity contribution is 0.584. The zero-order valence-corrected chi connectivity index (χ0v) is 64.5. The maximum atomic E-state index is 4.66. The highest BCUT2D eigenvalue weighted by molar-refractivity contribution is 5.91. The molecule has 6 atom stereocenters. The predicted octanol–water partition coefficient (Wildman–Crippen LogP) is 16.3. The molecule has 0 aliphatic carbocycles. The smallest absolute Gasteiger partial charge is 0.178 e. The number of rotatable bonds is 4. The van der Waals surface area contributed by atoms with Crippen molar-refractivity contribution < 1.29 is 0 Å². The fourth-order valence-corrected chi connectivity index (χ4v) is 19.2. The van der Waals surface area contributed by atoms with Crippen LogP contribution in [0.5, 0.6) is 0 Å². The summed E-state index contributed by atoms with van der Waals surface area (Å²) in [6, 6.07) is 67.6. The Morgan fingerprint density at radius 2 is 0.566 bits per heavy atom. The van der Waals surface area contributed by atoms with Gasteiger partial charge in [0.1, 0.15) is 73.0 Å². The van der Waals surface area contributed by atoms with Crippen molar-refractivity contribution in [2.24, 2.45) is 0 Å². The molecular formula is C90H87N23. The average molecular weight is 1490 g/mol. The van der Waals surface area contributed by atoms with Crippen LogP contribution < -0.4 is 58.8 Å². The Morgan fingerprint density at radius 1 is 0.239 bits per heavy atom. The molecule has 13 aromatic rings. The maximum Gasteiger partial charge on any atom is 0.178 e. The number of hydrogen-bond acceptors (Lipinski definition) is 23. The molecule has 0 saturated heterocycles. The van der Waals surface area contributed by atoms with Crippen molar-refractivity contribution in [3.8, 4) is 0 Å². The minimum atomic E-state index is 0.282. The number of pyridine rings is 1. The molecule has 0 saturated carbocycles. The Labute approximate surface area is 658 Å². The van der Waals surface area contributed by atoms with Gasteiger partial charge in [-0.3, -0.25) is 0 Å². The molecule has 25 rings (SSSR count). The van der Waals surface area contributed by atoms with Gasteiger partial charge in [0.15, 0.2) is 46.5 Å². The van der Waals surface area contributed by atoms with Crippen LogP contribution in [0.2, 0.25) is 0 Å². The van der Waals surface area contributed by atoms with Crippen LogP contribution in [0.4, 0.5) is 109 Å². The van der Waals surface area contributed by atoms with Crippen molar-refractivity contribution in [3.63, 3.8) is 0 Å². The third-order valence-corrected chi connectivity index (χ3v) is 23.8. The van der Waals surface area contributed by atoms with Crippen molar-refractivity contribution >= 4 is 109 Å². The summed E-state index contributed by atoms with van der Waals surface area (Å²) in [6.45, 7) is 13.3. The molecule has 23 nitrogen and oxygen atoms in total. The summed E-state index contributed by atoms with van der Waals surface area (Å²) >= 11 is 0. The second-order valence-electron chi connectivity index (χ2n) is 31.0. The highest BCUT2D eigenvalue weighted by atomic mass is 15.5. The van der Waals surface area contributed by atoms with Crippen molar-refractivity contribution in [2.75, 3.05) is 72.9 Å². The largest absolute Gasteiger partial charge is 0.349 e. The molecule has 6 unspecified atom stereocenters. The van der Waals surface area contributed by atoms with Crippen LogP contribution in [0.25, 0.3) is 0 Å². The number of anilines is 19. The van der Waals surface area contributed by atoms with Crippen LogP contribution >= 0.6 is 0 Å². The molecule has 23 heteroatoms. The Bertz CT molecular complexity index is 5350. The minimum absolute atomic E-state index is 0.282. The van der Waals surface area contributed by atoms with E-state index in [1.165, 1.54) is 78.9 Å². The van der Waals surface area contributed by atoms with Crippen LogP contribution in [-0.2, 0) is 38.5 Å². The summed E-state index contributed by atoms with van der Waals surface area (Å²) in [4.78, 5) is 76.7. The molecule has 0 amide bonds. The van der Waals surface area contributed by atoms with E-state index < -0.39 is 0 Å². The monoisotopic (exact) mass is 1490 g/mol. The Balaban J connectivity index is 0.0000000883. The normalized spacial score (nSPS) is 19.5. The van der Waals surface area contributed by atoms with E-state index in [1.54, 1.807) is 43.8 Å². The Kier molecular flexibility index (Phi) is 17.0. The summed E-state index contributed by atoms with van der Waals surface area (Å²) in [5, 5.41) is 0. The molecule has 0 bridgehead atoms. The van der Waals surface area contributed by atoms with Gasteiger partial charge >= 0.3 is 0 Å².